The van der Waals surface area contributed by atoms with Gasteiger partial charge in [-0.3, -0.25) is 0 Å². The summed E-state index contributed by atoms with van der Waals surface area (Å²) < 4.78 is 1.05. The first-order chi connectivity index (χ1) is 10.6. The van der Waals surface area contributed by atoms with Crippen molar-refractivity contribution in [3.05, 3.63) is 40.8 Å². The molecule has 0 amide bonds. The average Bonchev–Trinajstić information content (AvgIpc) is 2.97. The molecule has 0 aliphatic heterocycles. The van der Waals surface area contributed by atoms with Crippen molar-refractivity contribution in [1.82, 2.24) is 15.3 Å². The molecule has 118 valence electrons. The Labute approximate surface area is 139 Å². The van der Waals surface area contributed by atoms with E-state index in [4.69, 9.17) is 0 Å². The molecule has 1 heterocycles. The third-order valence-electron chi connectivity index (χ3n) is 4.29. The second kappa shape index (κ2) is 6.94. The number of aromatic nitrogens is 2. The number of nitrogens with zero attached hydrogens (tertiary/aromatic N) is 1. The van der Waals surface area contributed by atoms with Gasteiger partial charge in [-0.1, -0.05) is 47.3 Å². The zero-order valence-corrected chi connectivity index (χ0v) is 14.2. The van der Waals surface area contributed by atoms with Crippen molar-refractivity contribution >= 4 is 15.9 Å². The molecule has 0 unspecified atom stereocenters. The van der Waals surface area contributed by atoms with Gasteiger partial charge in [0.2, 0.25) is 0 Å². The van der Waals surface area contributed by atoms with E-state index >= 15 is 0 Å². The van der Waals surface area contributed by atoms with E-state index in [0.717, 1.165) is 47.2 Å². The molecule has 0 atom stereocenters. The van der Waals surface area contributed by atoms with Crippen LogP contribution in [0.2, 0.25) is 0 Å². The maximum Gasteiger partial charge on any atom is 0.120 e. The van der Waals surface area contributed by atoms with Gasteiger partial charge in [-0.05, 0) is 25.0 Å². The highest BCUT2D eigenvalue weighted by Gasteiger charge is 2.28. The molecule has 1 aromatic heterocycles. The number of H-pyrrole nitrogens is 1. The number of hydrogen-bond donors (Lipinski definition) is 3. The minimum absolute atomic E-state index is 0.530. The molecule has 0 bridgehead atoms. The average molecular weight is 364 g/mol. The Kier molecular flexibility index (Phi) is 4.96. The minimum Gasteiger partial charge on any atom is -0.389 e. The number of benzene rings is 1. The van der Waals surface area contributed by atoms with Crippen molar-refractivity contribution in [1.29, 1.82) is 0 Å². The van der Waals surface area contributed by atoms with E-state index in [9.17, 15) is 5.11 Å². The molecule has 1 fully saturated rings. The number of rotatable bonds is 5. The lowest BCUT2D eigenvalue weighted by molar-refractivity contribution is 0.00457. The van der Waals surface area contributed by atoms with E-state index in [-0.39, 0.29) is 0 Å². The fourth-order valence-corrected chi connectivity index (χ4v) is 3.45. The van der Waals surface area contributed by atoms with Crippen LogP contribution in [0.25, 0.3) is 11.3 Å². The summed E-state index contributed by atoms with van der Waals surface area (Å²) in [5, 5.41) is 13.8. The zero-order valence-electron chi connectivity index (χ0n) is 12.6. The summed E-state index contributed by atoms with van der Waals surface area (Å²) in [6.07, 6.45) is 7.17. The smallest absolute Gasteiger partial charge is 0.120 e. The molecule has 3 rings (SSSR count). The van der Waals surface area contributed by atoms with Crippen LogP contribution >= 0.6 is 15.9 Å². The second-order valence-corrected chi connectivity index (χ2v) is 7.06. The van der Waals surface area contributed by atoms with Gasteiger partial charge in [0.25, 0.3) is 0 Å². The standard InChI is InChI=1S/C17H22BrN3O/c18-14-6-4-5-13(9-14)15-10-20-16(21-15)11-19-12-17(22)7-2-1-3-8-17/h4-6,9-10,19,22H,1-3,7-8,11-12H2,(H,20,21). The summed E-state index contributed by atoms with van der Waals surface area (Å²) in [6.45, 7) is 1.29. The third kappa shape index (κ3) is 3.97. The van der Waals surface area contributed by atoms with Crippen LogP contribution in [0.5, 0.6) is 0 Å². The highest BCUT2D eigenvalue weighted by Crippen LogP contribution is 2.27. The Bertz CT molecular complexity index is 620. The summed E-state index contributed by atoms with van der Waals surface area (Å²) in [6, 6.07) is 8.14. The first kappa shape index (κ1) is 15.7. The van der Waals surface area contributed by atoms with Gasteiger partial charge >= 0.3 is 0 Å². The molecule has 0 spiro atoms. The molecule has 0 radical (unpaired) electrons. The predicted octanol–water partition coefficient (Wildman–Crippen LogP) is 3.62. The largest absolute Gasteiger partial charge is 0.389 e. The van der Waals surface area contributed by atoms with E-state index in [2.05, 4.69) is 43.3 Å². The summed E-state index contributed by atoms with van der Waals surface area (Å²) in [5.74, 6) is 0.898. The summed E-state index contributed by atoms with van der Waals surface area (Å²) in [7, 11) is 0. The Morgan fingerprint density at radius 3 is 2.86 bits per heavy atom. The second-order valence-electron chi connectivity index (χ2n) is 6.14. The number of imidazole rings is 1. The fraction of sp³-hybridized carbons (Fsp3) is 0.471. The van der Waals surface area contributed by atoms with Gasteiger partial charge in [0, 0.05) is 16.6 Å². The van der Waals surface area contributed by atoms with Crippen LogP contribution < -0.4 is 5.32 Å². The molecule has 5 heteroatoms. The molecule has 1 aliphatic carbocycles. The molecule has 22 heavy (non-hydrogen) atoms. The van der Waals surface area contributed by atoms with E-state index < -0.39 is 5.60 Å². The van der Waals surface area contributed by atoms with Crippen LogP contribution in [0.4, 0.5) is 0 Å². The monoisotopic (exact) mass is 363 g/mol. The van der Waals surface area contributed by atoms with Crippen molar-refractivity contribution in [3.8, 4) is 11.3 Å². The Hall–Kier alpha value is -1.17. The zero-order chi connectivity index (χ0) is 15.4. The highest BCUT2D eigenvalue weighted by molar-refractivity contribution is 9.10. The lowest BCUT2D eigenvalue weighted by atomic mass is 9.85. The fourth-order valence-electron chi connectivity index (χ4n) is 3.06. The molecular weight excluding hydrogens is 342 g/mol. The Morgan fingerprint density at radius 2 is 2.09 bits per heavy atom. The van der Waals surface area contributed by atoms with Crippen LogP contribution in [0.3, 0.4) is 0 Å². The summed E-state index contributed by atoms with van der Waals surface area (Å²) >= 11 is 3.48. The number of aromatic amines is 1. The van der Waals surface area contributed by atoms with Crippen LogP contribution in [0.1, 0.15) is 37.9 Å². The van der Waals surface area contributed by atoms with Crippen molar-refractivity contribution in [3.63, 3.8) is 0 Å². The van der Waals surface area contributed by atoms with Crippen molar-refractivity contribution < 1.29 is 5.11 Å². The molecule has 3 N–H and O–H groups in total. The maximum atomic E-state index is 10.5. The number of aliphatic hydroxyl groups is 1. The van der Waals surface area contributed by atoms with Crippen molar-refractivity contribution in [2.75, 3.05) is 6.54 Å². The number of hydrogen-bond acceptors (Lipinski definition) is 3. The molecule has 4 nitrogen and oxygen atoms in total. The molecule has 2 aromatic rings. The molecule has 1 saturated carbocycles. The van der Waals surface area contributed by atoms with E-state index in [0.29, 0.717) is 13.1 Å². The summed E-state index contributed by atoms with van der Waals surface area (Å²) in [4.78, 5) is 7.74. The molecule has 0 saturated heterocycles. The highest BCUT2D eigenvalue weighted by atomic mass is 79.9. The molecule has 1 aliphatic rings. The van der Waals surface area contributed by atoms with Gasteiger partial charge in [0.15, 0.2) is 0 Å². The van der Waals surface area contributed by atoms with Gasteiger partial charge in [0.05, 0.1) is 24.0 Å². The maximum absolute atomic E-state index is 10.5. The summed E-state index contributed by atoms with van der Waals surface area (Å²) in [5.41, 5.74) is 1.59. The molecule has 1 aromatic carbocycles. The van der Waals surface area contributed by atoms with E-state index in [1.54, 1.807) is 0 Å². The first-order valence-electron chi connectivity index (χ1n) is 7.88. The van der Waals surface area contributed by atoms with Gasteiger partial charge in [0.1, 0.15) is 5.82 Å². The Balaban J connectivity index is 1.56. The number of halogens is 1. The van der Waals surface area contributed by atoms with Crippen LogP contribution in [-0.2, 0) is 6.54 Å². The Morgan fingerprint density at radius 1 is 1.27 bits per heavy atom. The topological polar surface area (TPSA) is 60.9 Å². The van der Waals surface area contributed by atoms with Gasteiger partial charge in [-0.25, -0.2) is 4.98 Å². The van der Waals surface area contributed by atoms with Crippen LogP contribution in [0.15, 0.2) is 34.9 Å². The van der Waals surface area contributed by atoms with Gasteiger partial charge in [-0.15, -0.1) is 0 Å². The minimum atomic E-state index is -0.530. The predicted molar refractivity (Wildman–Crippen MR) is 91.5 cm³/mol. The van der Waals surface area contributed by atoms with E-state index in [1.165, 1.54) is 6.42 Å². The van der Waals surface area contributed by atoms with Crippen LogP contribution in [0, 0.1) is 0 Å². The van der Waals surface area contributed by atoms with Gasteiger partial charge < -0.3 is 15.4 Å². The van der Waals surface area contributed by atoms with Crippen LogP contribution in [-0.4, -0.2) is 27.2 Å². The number of nitrogens with one attached hydrogen (secondary N) is 2. The van der Waals surface area contributed by atoms with E-state index in [1.807, 2.05) is 18.3 Å². The van der Waals surface area contributed by atoms with Crippen molar-refractivity contribution in [2.24, 2.45) is 0 Å². The molecular formula is C17H22BrN3O. The third-order valence-corrected chi connectivity index (χ3v) is 4.79. The van der Waals surface area contributed by atoms with Gasteiger partial charge in [-0.2, -0.15) is 0 Å². The quantitative estimate of drug-likeness (QED) is 0.759. The van der Waals surface area contributed by atoms with Crippen molar-refractivity contribution in [2.45, 2.75) is 44.2 Å². The lowest BCUT2D eigenvalue weighted by Crippen LogP contribution is -2.42. The normalized spacial score (nSPS) is 17.5. The first-order valence-corrected chi connectivity index (χ1v) is 8.67. The SMILES string of the molecule is OC1(CNCc2ncc(-c3cccc(Br)c3)[nH]2)CCCCC1. The lowest BCUT2D eigenvalue weighted by Gasteiger charge is -2.32.